The lowest BCUT2D eigenvalue weighted by atomic mass is 10.1. The van der Waals surface area contributed by atoms with Gasteiger partial charge in [-0.05, 0) is 36.1 Å². The van der Waals surface area contributed by atoms with Crippen LogP contribution in [0.5, 0.6) is 0 Å². The van der Waals surface area contributed by atoms with Crippen LogP contribution in [-0.4, -0.2) is 18.4 Å². The molecule has 2 aromatic rings. The molecule has 0 spiro atoms. The van der Waals surface area contributed by atoms with E-state index >= 15 is 0 Å². The number of hydrogen-bond acceptors (Lipinski definition) is 2. The smallest absolute Gasteiger partial charge is 0.253 e. The van der Waals surface area contributed by atoms with Crippen LogP contribution in [0.1, 0.15) is 48.2 Å². The first-order chi connectivity index (χ1) is 12.1. The molecule has 0 aliphatic heterocycles. The van der Waals surface area contributed by atoms with E-state index in [9.17, 15) is 9.59 Å². The molecule has 0 aromatic heterocycles. The van der Waals surface area contributed by atoms with Gasteiger partial charge in [-0.2, -0.15) is 0 Å². The molecule has 2 rings (SSSR count). The van der Waals surface area contributed by atoms with Crippen molar-refractivity contribution in [2.75, 3.05) is 11.9 Å². The summed E-state index contributed by atoms with van der Waals surface area (Å²) in [7, 11) is 0. The van der Waals surface area contributed by atoms with E-state index in [0.717, 1.165) is 24.8 Å². The van der Waals surface area contributed by atoms with Gasteiger partial charge in [-0.3, -0.25) is 9.59 Å². The number of benzene rings is 2. The van der Waals surface area contributed by atoms with Crippen molar-refractivity contribution < 1.29 is 9.59 Å². The number of rotatable bonds is 8. The first kappa shape index (κ1) is 18.7. The Morgan fingerprint density at radius 1 is 0.920 bits per heavy atom. The van der Waals surface area contributed by atoms with Gasteiger partial charge in [-0.15, -0.1) is 0 Å². The number of unbranched alkanes of at least 4 members (excludes halogenated alkanes) is 1. The highest BCUT2D eigenvalue weighted by Gasteiger charge is 2.13. The van der Waals surface area contributed by atoms with Crippen LogP contribution in [0, 0.1) is 0 Å². The Hall–Kier alpha value is -2.62. The predicted molar refractivity (Wildman–Crippen MR) is 102 cm³/mol. The van der Waals surface area contributed by atoms with E-state index in [1.54, 1.807) is 18.2 Å². The zero-order valence-electron chi connectivity index (χ0n) is 15.0. The molecule has 0 heterocycles. The minimum atomic E-state index is -0.156. The Balaban J connectivity index is 2.01. The number of carbonyl (C=O) groups excluding carboxylic acids is 2. The van der Waals surface area contributed by atoms with Gasteiger partial charge in [0.1, 0.15) is 0 Å². The second kappa shape index (κ2) is 9.62. The first-order valence-corrected chi connectivity index (χ1v) is 8.89. The van der Waals surface area contributed by atoms with Crippen LogP contribution in [-0.2, 0) is 17.6 Å². The summed E-state index contributed by atoms with van der Waals surface area (Å²) in [5.74, 6) is -0.283. The van der Waals surface area contributed by atoms with Gasteiger partial charge in [0, 0.05) is 6.54 Å². The van der Waals surface area contributed by atoms with Crippen molar-refractivity contribution in [3.8, 4) is 0 Å². The lowest BCUT2D eigenvalue weighted by molar-refractivity contribution is -0.115. The third-order valence-electron chi connectivity index (χ3n) is 4.06. The first-order valence-electron chi connectivity index (χ1n) is 8.89. The maximum atomic E-state index is 12.3. The van der Waals surface area contributed by atoms with E-state index in [1.807, 2.05) is 30.3 Å². The van der Waals surface area contributed by atoms with Crippen LogP contribution < -0.4 is 10.6 Å². The predicted octanol–water partition coefficient (Wildman–Crippen LogP) is 3.96. The number of carbonyl (C=O) groups is 2. The number of nitrogens with one attached hydrogen (secondary N) is 2. The molecular weight excluding hydrogens is 312 g/mol. The van der Waals surface area contributed by atoms with Gasteiger partial charge in [-0.25, -0.2) is 0 Å². The molecule has 2 aromatic carbocycles. The SMILES string of the molecule is CCCCNC(=O)c1ccccc1NC(=O)Cc1ccc(CC)cc1. The Morgan fingerprint density at radius 3 is 2.28 bits per heavy atom. The lowest BCUT2D eigenvalue weighted by Gasteiger charge is -2.11. The highest BCUT2D eigenvalue weighted by molar-refractivity contribution is 6.04. The van der Waals surface area contributed by atoms with Gasteiger partial charge in [0.2, 0.25) is 5.91 Å². The second-order valence-corrected chi connectivity index (χ2v) is 6.05. The van der Waals surface area contributed by atoms with Gasteiger partial charge < -0.3 is 10.6 Å². The molecule has 25 heavy (non-hydrogen) atoms. The normalized spacial score (nSPS) is 10.3. The molecule has 0 saturated carbocycles. The Labute approximate surface area is 149 Å². The summed E-state index contributed by atoms with van der Waals surface area (Å²) in [4.78, 5) is 24.6. The van der Waals surface area contributed by atoms with E-state index in [-0.39, 0.29) is 18.2 Å². The van der Waals surface area contributed by atoms with Crippen molar-refractivity contribution in [3.05, 3.63) is 65.2 Å². The summed E-state index contributed by atoms with van der Waals surface area (Å²) < 4.78 is 0. The van der Waals surface area contributed by atoms with E-state index in [2.05, 4.69) is 24.5 Å². The van der Waals surface area contributed by atoms with Crippen LogP contribution in [0.4, 0.5) is 5.69 Å². The number of aryl methyl sites for hydroxylation is 1. The quantitative estimate of drug-likeness (QED) is 0.716. The van der Waals surface area contributed by atoms with Crippen molar-refractivity contribution in [2.45, 2.75) is 39.5 Å². The van der Waals surface area contributed by atoms with Crippen LogP contribution in [0.25, 0.3) is 0 Å². The molecule has 0 atom stereocenters. The third kappa shape index (κ3) is 5.75. The second-order valence-electron chi connectivity index (χ2n) is 6.05. The van der Waals surface area contributed by atoms with Crippen molar-refractivity contribution in [1.82, 2.24) is 5.32 Å². The summed E-state index contributed by atoms with van der Waals surface area (Å²) in [6, 6.07) is 15.1. The van der Waals surface area contributed by atoms with Gasteiger partial charge in [-0.1, -0.05) is 56.7 Å². The number of para-hydroxylation sites is 1. The molecule has 0 aliphatic rings. The Bertz CT molecular complexity index is 708. The molecular formula is C21H26N2O2. The fourth-order valence-corrected chi connectivity index (χ4v) is 2.54. The third-order valence-corrected chi connectivity index (χ3v) is 4.06. The largest absolute Gasteiger partial charge is 0.352 e. The van der Waals surface area contributed by atoms with Crippen molar-refractivity contribution >= 4 is 17.5 Å². The molecule has 132 valence electrons. The zero-order chi connectivity index (χ0) is 18.1. The van der Waals surface area contributed by atoms with Gasteiger partial charge in [0.25, 0.3) is 5.91 Å². The maximum absolute atomic E-state index is 12.3. The van der Waals surface area contributed by atoms with Crippen LogP contribution in [0.2, 0.25) is 0 Å². The van der Waals surface area contributed by atoms with E-state index in [1.165, 1.54) is 5.56 Å². The maximum Gasteiger partial charge on any atom is 0.253 e. The summed E-state index contributed by atoms with van der Waals surface area (Å²) in [5, 5.41) is 5.74. The van der Waals surface area contributed by atoms with Gasteiger partial charge in [0.15, 0.2) is 0 Å². The average Bonchev–Trinajstić information content (AvgIpc) is 2.63. The zero-order valence-corrected chi connectivity index (χ0v) is 15.0. The topological polar surface area (TPSA) is 58.2 Å². The molecule has 0 aliphatic carbocycles. The highest BCUT2D eigenvalue weighted by Crippen LogP contribution is 2.16. The molecule has 2 amide bonds. The molecule has 0 bridgehead atoms. The fraction of sp³-hybridized carbons (Fsp3) is 0.333. The summed E-state index contributed by atoms with van der Waals surface area (Å²) in [6.45, 7) is 4.82. The summed E-state index contributed by atoms with van der Waals surface area (Å²) >= 11 is 0. The minimum Gasteiger partial charge on any atom is -0.352 e. The Morgan fingerprint density at radius 2 is 1.60 bits per heavy atom. The lowest BCUT2D eigenvalue weighted by Crippen LogP contribution is -2.26. The number of anilines is 1. The van der Waals surface area contributed by atoms with Crippen LogP contribution in [0.3, 0.4) is 0 Å². The van der Waals surface area contributed by atoms with Gasteiger partial charge in [0.05, 0.1) is 17.7 Å². The van der Waals surface area contributed by atoms with Crippen molar-refractivity contribution in [3.63, 3.8) is 0 Å². The molecule has 0 saturated heterocycles. The van der Waals surface area contributed by atoms with Crippen molar-refractivity contribution in [1.29, 1.82) is 0 Å². The molecule has 2 N–H and O–H groups in total. The summed E-state index contributed by atoms with van der Waals surface area (Å²) in [5.41, 5.74) is 3.25. The van der Waals surface area contributed by atoms with E-state index < -0.39 is 0 Å². The number of amides is 2. The van der Waals surface area contributed by atoms with Gasteiger partial charge >= 0.3 is 0 Å². The van der Waals surface area contributed by atoms with E-state index in [0.29, 0.717) is 17.8 Å². The summed E-state index contributed by atoms with van der Waals surface area (Å²) in [6.07, 6.45) is 3.23. The van der Waals surface area contributed by atoms with Crippen LogP contribution in [0.15, 0.2) is 48.5 Å². The molecule has 0 unspecified atom stereocenters. The van der Waals surface area contributed by atoms with Crippen molar-refractivity contribution in [2.24, 2.45) is 0 Å². The highest BCUT2D eigenvalue weighted by atomic mass is 16.2. The molecule has 0 fully saturated rings. The standard InChI is InChI=1S/C21H26N2O2/c1-3-5-14-22-21(25)18-8-6-7-9-19(18)23-20(24)15-17-12-10-16(4-2)11-13-17/h6-13H,3-5,14-15H2,1-2H3,(H,22,25)(H,23,24). The van der Waals surface area contributed by atoms with E-state index in [4.69, 9.17) is 0 Å². The molecule has 4 heteroatoms. The monoisotopic (exact) mass is 338 g/mol. The number of hydrogen-bond donors (Lipinski definition) is 2. The average molecular weight is 338 g/mol. The molecule has 4 nitrogen and oxygen atoms in total. The minimum absolute atomic E-state index is 0.127. The fourth-order valence-electron chi connectivity index (χ4n) is 2.54. The van der Waals surface area contributed by atoms with Crippen LogP contribution >= 0.6 is 0 Å². The molecule has 0 radical (unpaired) electrons. The Kier molecular flexibility index (Phi) is 7.20.